The van der Waals surface area contributed by atoms with Gasteiger partial charge in [0, 0.05) is 6.61 Å². The molecule has 0 amide bonds. The Balaban J connectivity index is 0.000000225. The van der Waals surface area contributed by atoms with Crippen molar-refractivity contribution in [3.05, 3.63) is 30.0 Å². The number of benzene rings is 1. The number of anilines is 1. The SMILES string of the molecule is Nc1c[nH]nn1.OCCCCCc1ccc2c(c1)OCO2. The summed E-state index contributed by atoms with van der Waals surface area (Å²) in [4.78, 5) is 0. The predicted molar refractivity (Wildman–Crippen MR) is 78.0 cm³/mol. The number of fused-ring (bicyclic) bond motifs is 1. The van der Waals surface area contributed by atoms with Crippen LogP contribution in [0.5, 0.6) is 11.5 Å². The second-order valence-electron chi connectivity index (χ2n) is 4.62. The molecular formula is C14H20N4O3. The van der Waals surface area contributed by atoms with Crippen molar-refractivity contribution in [1.82, 2.24) is 15.4 Å². The number of aromatic amines is 1. The number of nitrogens with zero attached hydrogens (tertiary/aromatic N) is 2. The van der Waals surface area contributed by atoms with E-state index in [0.717, 1.165) is 37.2 Å². The van der Waals surface area contributed by atoms with Crippen LogP contribution in [0.15, 0.2) is 24.4 Å². The minimum absolute atomic E-state index is 0.293. The number of H-pyrrole nitrogens is 1. The van der Waals surface area contributed by atoms with E-state index < -0.39 is 0 Å². The molecule has 2 aromatic rings. The molecule has 1 aliphatic rings. The average Bonchev–Trinajstić information content (AvgIpc) is 3.14. The lowest BCUT2D eigenvalue weighted by molar-refractivity contribution is 0.174. The van der Waals surface area contributed by atoms with Crippen LogP contribution in [0.1, 0.15) is 24.8 Å². The zero-order valence-electron chi connectivity index (χ0n) is 11.8. The number of nitrogen functional groups attached to an aromatic ring is 1. The maximum atomic E-state index is 8.65. The standard InChI is InChI=1S/C12H16O3.C2H4N4/c13-7-3-1-2-4-10-5-6-11-12(8-10)15-9-14-11;3-2-1-4-6-5-2/h5-6,8,13H,1-4,7,9H2;1H,(H3,3,4,5,6). The van der Waals surface area contributed by atoms with Crippen molar-refractivity contribution < 1.29 is 14.6 Å². The number of aryl methyl sites for hydroxylation is 1. The van der Waals surface area contributed by atoms with Crippen molar-refractivity contribution >= 4 is 5.82 Å². The first-order valence-corrected chi connectivity index (χ1v) is 6.91. The fourth-order valence-electron chi connectivity index (χ4n) is 1.92. The van der Waals surface area contributed by atoms with Crippen LogP contribution >= 0.6 is 0 Å². The predicted octanol–water partition coefficient (Wildman–Crippen LogP) is 1.51. The third kappa shape index (κ3) is 4.96. The van der Waals surface area contributed by atoms with Gasteiger partial charge in [-0.3, -0.25) is 5.10 Å². The Labute approximate surface area is 123 Å². The summed E-state index contributed by atoms with van der Waals surface area (Å²) in [5, 5.41) is 17.8. The minimum Gasteiger partial charge on any atom is -0.454 e. The molecule has 0 bridgehead atoms. The number of nitrogens with two attached hydrogens (primary N) is 1. The van der Waals surface area contributed by atoms with Crippen LogP contribution in [0.2, 0.25) is 0 Å². The number of rotatable bonds is 5. The maximum absolute atomic E-state index is 8.65. The van der Waals surface area contributed by atoms with Crippen LogP contribution in [-0.2, 0) is 6.42 Å². The summed E-state index contributed by atoms with van der Waals surface area (Å²) in [6, 6.07) is 6.08. The molecule has 3 rings (SSSR count). The summed E-state index contributed by atoms with van der Waals surface area (Å²) < 4.78 is 10.5. The molecule has 0 saturated heterocycles. The minimum atomic E-state index is 0.293. The third-order valence-electron chi connectivity index (χ3n) is 3.00. The highest BCUT2D eigenvalue weighted by Gasteiger charge is 2.12. The maximum Gasteiger partial charge on any atom is 0.231 e. The van der Waals surface area contributed by atoms with Gasteiger partial charge in [-0.05, 0) is 37.0 Å². The summed E-state index contributed by atoms with van der Waals surface area (Å²) in [5.74, 6) is 2.12. The molecule has 0 atom stereocenters. The van der Waals surface area contributed by atoms with Gasteiger partial charge in [0.15, 0.2) is 17.3 Å². The van der Waals surface area contributed by atoms with E-state index in [1.807, 2.05) is 12.1 Å². The van der Waals surface area contributed by atoms with Crippen LogP contribution in [0.4, 0.5) is 5.82 Å². The normalized spacial score (nSPS) is 11.9. The van der Waals surface area contributed by atoms with E-state index in [1.165, 1.54) is 11.8 Å². The second-order valence-corrected chi connectivity index (χ2v) is 4.62. The van der Waals surface area contributed by atoms with Gasteiger partial charge in [-0.1, -0.05) is 17.7 Å². The van der Waals surface area contributed by atoms with Gasteiger partial charge in [0.25, 0.3) is 0 Å². The molecule has 0 unspecified atom stereocenters. The van der Waals surface area contributed by atoms with E-state index in [4.69, 9.17) is 20.3 Å². The number of ether oxygens (including phenoxy) is 2. The Kier molecular flexibility index (Phi) is 5.83. The lowest BCUT2D eigenvalue weighted by Gasteiger charge is -2.02. The molecule has 2 heterocycles. The van der Waals surface area contributed by atoms with Crippen molar-refractivity contribution in [2.45, 2.75) is 25.7 Å². The molecule has 0 fully saturated rings. The Bertz CT molecular complexity index is 531. The van der Waals surface area contributed by atoms with Gasteiger partial charge in [-0.25, -0.2) is 0 Å². The monoisotopic (exact) mass is 292 g/mol. The zero-order chi connectivity index (χ0) is 14.9. The summed E-state index contributed by atoms with van der Waals surface area (Å²) in [7, 11) is 0. The highest BCUT2D eigenvalue weighted by molar-refractivity contribution is 5.44. The molecule has 1 aliphatic heterocycles. The molecule has 0 spiro atoms. The average molecular weight is 292 g/mol. The Morgan fingerprint density at radius 1 is 1.19 bits per heavy atom. The van der Waals surface area contributed by atoms with Crippen LogP contribution in [0.25, 0.3) is 0 Å². The lowest BCUT2D eigenvalue weighted by atomic mass is 10.1. The summed E-state index contributed by atoms with van der Waals surface area (Å²) in [5.41, 5.74) is 6.35. The number of aliphatic hydroxyl groups is 1. The molecule has 7 heteroatoms. The first kappa shape index (κ1) is 15.1. The molecule has 0 saturated carbocycles. The Hall–Kier alpha value is -2.28. The largest absolute Gasteiger partial charge is 0.454 e. The third-order valence-corrected chi connectivity index (χ3v) is 3.00. The Morgan fingerprint density at radius 2 is 2.05 bits per heavy atom. The van der Waals surface area contributed by atoms with E-state index in [2.05, 4.69) is 21.5 Å². The molecule has 1 aromatic heterocycles. The fraction of sp³-hybridized carbons (Fsp3) is 0.429. The van der Waals surface area contributed by atoms with E-state index >= 15 is 0 Å². The number of hydrogen-bond donors (Lipinski definition) is 3. The summed E-state index contributed by atoms with van der Waals surface area (Å²) >= 11 is 0. The van der Waals surface area contributed by atoms with E-state index in [-0.39, 0.29) is 0 Å². The molecule has 0 aliphatic carbocycles. The summed E-state index contributed by atoms with van der Waals surface area (Å²) in [6.45, 7) is 0.629. The first-order chi connectivity index (χ1) is 10.3. The molecule has 0 radical (unpaired) electrons. The van der Waals surface area contributed by atoms with Gasteiger partial charge < -0.3 is 20.3 Å². The van der Waals surface area contributed by atoms with E-state index in [0.29, 0.717) is 19.2 Å². The highest BCUT2D eigenvalue weighted by Crippen LogP contribution is 2.32. The van der Waals surface area contributed by atoms with Gasteiger partial charge in [0.2, 0.25) is 6.79 Å². The molecule has 1 aromatic carbocycles. The van der Waals surface area contributed by atoms with E-state index in [9.17, 15) is 0 Å². The van der Waals surface area contributed by atoms with Gasteiger partial charge in [-0.2, -0.15) is 0 Å². The van der Waals surface area contributed by atoms with Gasteiger partial charge in [0.1, 0.15) is 0 Å². The molecule has 21 heavy (non-hydrogen) atoms. The van der Waals surface area contributed by atoms with Gasteiger partial charge in [0.05, 0.1) is 6.20 Å². The number of aromatic nitrogens is 3. The lowest BCUT2D eigenvalue weighted by Crippen LogP contribution is -1.93. The number of hydrogen-bond acceptors (Lipinski definition) is 6. The van der Waals surface area contributed by atoms with Crippen LogP contribution in [0.3, 0.4) is 0 Å². The van der Waals surface area contributed by atoms with Crippen LogP contribution in [0, 0.1) is 0 Å². The van der Waals surface area contributed by atoms with Crippen molar-refractivity contribution in [1.29, 1.82) is 0 Å². The van der Waals surface area contributed by atoms with Gasteiger partial charge >= 0.3 is 0 Å². The number of nitrogens with one attached hydrogen (secondary N) is 1. The van der Waals surface area contributed by atoms with Gasteiger partial charge in [-0.15, -0.1) is 5.10 Å². The molecule has 7 nitrogen and oxygen atoms in total. The van der Waals surface area contributed by atoms with Crippen molar-refractivity contribution in [3.63, 3.8) is 0 Å². The second kappa shape index (κ2) is 8.11. The smallest absolute Gasteiger partial charge is 0.231 e. The molecular weight excluding hydrogens is 272 g/mol. The summed E-state index contributed by atoms with van der Waals surface area (Å²) in [6.07, 6.45) is 5.63. The van der Waals surface area contributed by atoms with E-state index in [1.54, 1.807) is 0 Å². The topological polar surface area (TPSA) is 106 Å². The molecule has 4 N–H and O–H groups in total. The molecule has 114 valence electrons. The van der Waals surface area contributed by atoms with Crippen molar-refractivity contribution in [2.24, 2.45) is 0 Å². The first-order valence-electron chi connectivity index (χ1n) is 6.91. The van der Waals surface area contributed by atoms with Crippen LogP contribution in [-0.4, -0.2) is 33.9 Å². The fourth-order valence-corrected chi connectivity index (χ4v) is 1.92. The zero-order valence-corrected chi connectivity index (χ0v) is 11.8. The quantitative estimate of drug-likeness (QED) is 0.721. The van der Waals surface area contributed by atoms with Crippen molar-refractivity contribution in [2.75, 3.05) is 19.1 Å². The van der Waals surface area contributed by atoms with Crippen LogP contribution < -0.4 is 15.2 Å². The Morgan fingerprint density at radius 3 is 2.71 bits per heavy atom. The number of unbranched alkanes of at least 4 members (excludes halogenated alkanes) is 2. The number of aliphatic hydroxyl groups excluding tert-OH is 1. The highest BCUT2D eigenvalue weighted by atomic mass is 16.7. The van der Waals surface area contributed by atoms with Crippen molar-refractivity contribution in [3.8, 4) is 11.5 Å².